The normalized spacial score (nSPS) is 16.3. The van der Waals surface area contributed by atoms with E-state index in [1.54, 1.807) is 11.8 Å². The zero-order valence-electron chi connectivity index (χ0n) is 15.4. The van der Waals surface area contributed by atoms with Crippen LogP contribution in [-0.4, -0.2) is 38.7 Å². The van der Waals surface area contributed by atoms with Crippen molar-refractivity contribution in [2.75, 3.05) is 13.1 Å². The third-order valence-electron chi connectivity index (χ3n) is 4.82. The van der Waals surface area contributed by atoms with Crippen molar-refractivity contribution in [3.8, 4) is 11.3 Å². The topological polar surface area (TPSA) is 38.1 Å². The fraction of sp³-hybridized carbons (Fsp3) is 0.500. The number of thioether (sulfide) groups is 1. The van der Waals surface area contributed by atoms with Crippen LogP contribution in [0.1, 0.15) is 39.5 Å². The Labute approximate surface area is 168 Å². The van der Waals surface area contributed by atoms with E-state index in [4.69, 9.17) is 0 Å². The van der Waals surface area contributed by atoms with E-state index in [2.05, 4.69) is 44.5 Å². The lowest BCUT2D eigenvalue weighted by Gasteiger charge is -2.23. The summed E-state index contributed by atoms with van der Waals surface area (Å²) >= 11 is 5.06. The van der Waals surface area contributed by atoms with Gasteiger partial charge in [-0.25, -0.2) is 4.98 Å². The van der Waals surface area contributed by atoms with Crippen LogP contribution < -0.4 is 0 Å². The Balaban J connectivity index is 1.74. The fourth-order valence-corrected chi connectivity index (χ4v) is 4.66. The van der Waals surface area contributed by atoms with Crippen molar-refractivity contribution in [1.82, 2.24) is 14.5 Å². The molecule has 2 heterocycles. The molecule has 1 aromatic heterocycles. The lowest BCUT2D eigenvalue weighted by Crippen LogP contribution is -2.37. The fourth-order valence-electron chi connectivity index (χ4n) is 3.37. The summed E-state index contributed by atoms with van der Waals surface area (Å²) in [6.07, 6.45) is 6.64. The van der Waals surface area contributed by atoms with Crippen molar-refractivity contribution in [3.05, 3.63) is 34.9 Å². The summed E-state index contributed by atoms with van der Waals surface area (Å²) in [6.45, 7) is 6.76. The monoisotopic (exact) mass is 435 g/mol. The van der Waals surface area contributed by atoms with Gasteiger partial charge < -0.3 is 9.47 Å². The highest BCUT2D eigenvalue weighted by Gasteiger charge is 2.24. The lowest BCUT2D eigenvalue weighted by molar-refractivity contribution is -0.130. The van der Waals surface area contributed by atoms with E-state index < -0.39 is 0 Å². The lowest BCUT2D eigenvalue weighted by atomic mass is 10.2. The van der Waals surface area contributed by atoms with E-state index in [1.807, 2.05) is 30.2 Å². The summed E-state index contributed by atoms with van der Waals surface area (Å²) in [6, 6.07) is 8.27. The van der Waals surface area contributed by atoms with Gasteiger partial charge in [-0.3, -0.25) is 4.79 Å². The molecule has 3 rings (SSSR count). The minimum Gasteiger partial charge on any atom is -0.342 e. The highest BCUT2D eigenvalue weighted by atomic mass is 79.9. The van der Waals surface area contributed by atoms with E-state index in [0.29, 0.717) is 0 Å². The molecule has 140 valence electrons. The van der Waals surface area contributed by atoms with Crippen LogP contribution in [0.2, 0.25) is 0 Å². The van der Waals surface area contributed by atoms with Crippen molar-refractivity contribution >= 4 is 33.6 Å². The smallest absolute Gasteiger partial charge is 0.235 e. The summed E-state index contributed by atoms with van der Waals surface area (Å²) < 4.78 is 3.26. The number of hydrogen-bond acceptors (Lipinski definition) is 3. The van der Waals surface area contributed by atoms with Gasteiger partial charge in [0, 0.05) is 24.1 Å². The maximum Gasteiger partial charge on any atom is 0.235 e. The first-order valence-corrected chi connectivity index (χ1v) is 11.0. The number of carbonyl (C=O) groups is 1. The van der Waals surface area contributed by atoms with Gasteiger partial charge in [0.2, 0.25) is 5.91 Å². The Bertz CT molecular complexity index is 736. The second-order valence-corrected chi connectivity index (χ2v) is 8.90. The molecule has 0 N–H and O–H groups in total. The van der Waals surface area contributed by atoms with Gasteiger partial charge in [-0.2, -0.15) is 0 Å². The van der Waals surface area contributed by atoms with E-state index in [1.165, 1.54) is 12.8 Å². The minimum absolute atomic E-state index is 0.112. The SMILES string of the molecule is CCn1c(-c2ccc(Br)cc2)cnc1SC(C)C(=O)N1CCCCCC1. The third kappa shape index (κ3) is 4.52. The van der Waals surface area contributed by atoms with Gasteiger partial charge in [0.05, 0.1) is 17.1 Å². The molecule has 0 bridgehead atoms. The molecule has 0 radical (unpaired) electrons. The van der Waals surface area contributed by atoms with Crippen LogP contribution in [0.3, 0.4) is 0 Å². The molecule has 1 amide bonds. The van der Waals surface area contributed by atoms with Crippen LogP contribution in [0.25, 0.3) is 11.3 Å². The average Bonchev–Trinajstić information content (AvgIpc) is 2.86. The maximum absolute atomic E-state index is 12.8. The molecule has 1 saturated heterocycles. The second-order valence-electron chi connectivity index (χ2n) is 6.68. The van der Waals surface area contributed by atoms with Crippen LogP contribution in [-0.2, 0) is 11.3 Å². The molecule has 1 aliphatic rings. The molecule has 1 aromatic carbocycles. The molecular formula is C20H26BrN3OS. The highest BCUT2D eigenvalue weighted by molar-refractivity contribution is 9.10. The number of rotatable bonds is 5. The van der Waals surface area contributed by atoms with Crippen LogP contribution >= 0.6 is 27.7 Å². The van der Waals surface area contributed by atoms with Gasteiger partial charge in [0.15, 0.2) is 5.16 Å². The summed E-state index contributed by atoms with van der Waals surface area (Å²) in [5.74, 6) is 0.243. The Kier molecular flexibility index (Phi) is 6.81. The van der Waals surface area contributed by atoms with E-state index >= 15 is 0 Å². The van der Waals surface area contributed by atoms with Crippen LogP contribution in [0.5, 0.6) is 0 Å². The zero-order valence-corrected chi connectivity index (χ0v) is 17.9. The molecule has 0 saturated carbocycles. The van der Waals surface area contributed by atoms with Crippen molar-refractivity contribution in [2.24, 2.45) is 0 Å². The Morgan fingerprint density at radius 3 is 2.46 bits per heavy atom. The van der Waals surface area contributed by atoms with Gasteiger partial charge in [-0.05, 0) is 44.4 Å². The van der Waals surface area contributed by atoms with E-state index in [9.17, 15) is 4.79 Å². The van der Waals surface area contributed by atoms with Crippen LogP contribution in [0.4, 0.5) is 0 Å². The van der Waals surface area contributed by atoms with E-state index in [-0.39, 0.29) is 11.2 Å². The van der Waals surface area contributed by atoms with Crippen molar-refractivity contribution in [3.63, 3.8) is 0 Å². The predicted octanol–water partition coefficient (Wildman–Crippen LogP) is 5.22. The molecule has 0 spiro atoms. The van der Waals surface area contributed by atoms with Crippen molar-refractivity contribution in [2.45, 2.75) is 56.5 Å². The summed E-state index contributed by atoms with van der Waals surface area (Å²) in [5.41, 5.74) is 2.23. The third-order valence-corrected chi connectivity index (χ3v) is 6.44. The first kappa shape index (κ1) is 19.5. The number of hydrogen-bond donors (Lipinski definition) is 0. The number of aromatic nitrogens is 2. The number of benzene rings is 1. The predicted molar refractivity (Wildman–Crippen MR) is 111 cm³/mol. The average molecular weight is 436 g/mol. The van der Waals surface area contributed by atoms with Crippen molar-refractivity contribution in [1.29, 1.82) is 0 Å². The number of likely N-dealkylation sites (tertiary alicyclic amines) is 1. The van der Waals surface area contributed by atoms with Crippen LogP contribution in [0.15, 0.2) is 40.1 Å². The second kappa shape index (κ2) is 9.09. The van der Waals surface area contributed by atoms with Gasteiger partial charge in [-0.15, -0.1) is 0 Å². The minimum atomic E-state index is -0.112. The molecule has 0 aliphatic carbocycles. The maximum atomic E-state index is 12.8. The molecule has 4 nitrogen and oxygen atoms in total. The number of amides is 1. The van der Waals surface area contributed by atoms with Gasteiger partial charge in [0.1, 0.15) is 0 Å². The summed E-state index contributed by atoms with van der Waals surface area (Å²) in [5, 5.41) is 0.805. The van der Waals surface area contributed by atoms with Gasteiger partial charge in [0.25, 0.3) is 0 Å². The Hall–Kier alpha value is -1.27. The molecule has 2 aromatic rings. The molecule has 1 unspecified atom stereocenters. The largest absolute Gasteiger partial charge is 0.342 e. The number of nitrogens with zero attached hydrogens (tertiary/aromatic N) is 3. The van der Waals surface area contributed by atoms with Crippen LogP contribution in [0, 0.1) is 0 Å². The first-order chi connectivity index (χ1) is 12.6. The zero-order chi connectivity index (χ0) is 18.5. The number of halogens is 1. The molecule has 6 heteroatoms. The quantitative estimate of drug-likeness (QED) is 0.604. The summed E-state index contributed by atoms with van der Waals surface area (Å²) in [4.78, 5) is 19.5. The molecule has 1 aliphatic heterocycles. The Morgan fingerprint density at radius 1 is 1.19 bits per heavy atom. The molecular weight excluding hydrogens is 410 g/mol. The van der Waals surface area contributed by atoms with Gasteiger partial charge >= 0.3 is 0 Å². The first-order valence-electron chi connectivity index (χ1n) is 9.37. The number of carbonyl (C=O) groups excluding carboxylic acids is 1. The Morgan fingerprint density at radius 2 is 1.85 bits per heavy atom. The highest BCUT2D eigenvalue weighted by Crippen LogP contribution is 2.30. The van der Waals surface area contributed by atoms with Crippen molar-refractivity contribution < 1.29 is 4.79 Å². The standard InChI is InChI=1S/C20H26BrN3OS/c1-3-24-18(16-8-10-17(21)11-9-16)14-22-20(24)26-15(2)19(25)23-12-6-4-5-7-13-23/h8-11,14-15H,3-7,12-13H2,1-2H3. The number of imidazole rings is 1. The van der Waals surface area contributed by atoms with Gasteiger partial charge in [-0.1, -0.05) is 52.7 Å². The molecule has 26 heavy (non-hydrogen) atoms. The molecule has 1 atom stereocenters. The van der Waals surface area contributed by atoms with E-state index in [0.717, 1.165) is 53.4 Å². The summed E-state index contributed by atoms with van der Waals surface area (Å²) in [7, 11) is 0. The molecule has 1 fully saturated rings.